The molecule has 2 amide bonds. The fraction of sp³-hybridized carbons (Fsp3) is 0.348. The first-order chi connectivity index (χ1) is 28.4. The number of ether oxygens (including phenoxy) is 4. The molecule has 6 aromatic rings. The third kappa shape index (κ3) is 8.07. The predicted molar refractivity (Wildman–Crippen MR) is 224 cm³/mol. The van der Waals surface area contributed by atoms with Crippen LogP contribution in [0.15, 0.2) is 97.2 Å². The van der Waals surface area contributed by atoms with Crippen LogP contribution in [0.2, 0.25) is 0 Å². The van der Waals surface area contributed by atoms with Crippen LogP contribution in [0.4, 0.5) is 16.3 Å². The van der Waals surface area contributed by atoms with E-state index < -0.39 is 0 Å². The molecule has 9 rings (SSSR count). The van der Waals surface area contributed by atoms with Crippen LogP contribution < -0.4 is 24.8 Å². The normalized spacial score (nSPS) is 18.9. The number of nitrogens with one attached hydrogen (secondary N) is 2. The SMILES string of the molecule is CCC(Cc1nccc(Oc2ccc(NC(=O)Nc3cc(C45CC4C5)nn3-c3ccc(C)cc3)c3ccccc23)n1)c1cc(OC)cc(OCCN2CCOCC2)c1. The summed E-state index contributed by atoms with van der Waals surface area (Å²) in [6.07, 6.45) is 5.57. The highest BCUT2D eigenvalue weighted by molar-refractivity contribution is 6.07. The summed E-state index contributed by atoms with van der Waals surface area (Å²) < 4.78 is 25.6. The maximum Gasteiger partial charge on any atom is 0.324 e. The molecule has 298 valence electrons. The Morgan fingerprint density at radius 2 is 1.72 bits per heavy atom. The van der Waals surface area contributed by atoms with E-state index in [2.05, 4.69) is 58.6 Å². The fourth-order valence-electron chi connectivity index (χ4n) is 7.97. The molecule has 2 aromatic heterocycles. The van der Waals surface area contributed by atoms with Crippen molar-refractivity contribution in [2.45, 2.75) is 50.9 Å². The zero-order chi connectivity index (χ0) is 39.6. The number of carbonyl (C=O) groups is 1. The van der Waals surface area contributed by atoms with Gasteiger partial charge in [-0.05, 0) is 80.0 Å². The number of aryl methyl sites for hydroxylation is 1. The van der Waals surface area contributed by atoms with E-state index in [1.807, 2.05) is 65.3 Å². The molecule has 1 saturated heterocycles. The summed E-state index contributed by atoms with van der Waals surface area (Å²) in [5, 5.41) is 12.8. The summed E-state index contributed by atoms with van der Waals surface area (Å²) in [6, 6.07) is 29.3. The van der Waals surface area contributed by atoms with E-state index in [1.165, 1.54) is 12.8 Å². The van der Waals surface area contributed by atoms with Crippen LogP contribution in [-0.4, -0.2) is 77.2 Å². The van der Waals surface area contributed by atoms with Crippen molar-refractivity contribution in [3.05, 3.63) is 120 Å². The molecule has 3 aliphatic rings. The Labute approximate surface area is 338 Å². The Morgan fingerprint density at radius 3 is 2.48 bits per heavy atom. The Morgan fingerprint density at radius 1 is 0.948 bits per heavy atom. The summed E-state index contributed by atoms with van der Waals surface area (Å²) >= 11 is 0. The number of hydrogen-bond acceptors (Lipinski definition) is 9. The Balaban J connectivity index is 0.886. The lowest BCUT2D eigenvalue weighted by Crippen LogP contribution is -2.38. The number of hydrogen-bond donors (Lipinski definition) is 2. The first kappa shape index (κ1) is 37.6. The molecule has 3 heterocycles. The van der Waals surface area contributed by atoms with E-state index in [-0.39, 0.29) is 17.4 Å². The van der Waals surface area contributed by atoms with Crippen molar-refractivity contribution in [3.63, 3.8) is 0 Å². The van der Waals surface area contributed by atoms with E-state index in [4.69, 9.17) is 29.0 Å². The highest BCUT2D eigenvalue weighted by Crippen LogP contribution is 2.75. The van der Waals surface area contributed by atoms with Gasteiger partial charge in [-0.1, -0.05) is 48.9 Å². The minimum atomic E-state index is -0.354. The van der Waals surface area contributed by atoms with Crippen molar-refractivity contribution in [3.8, 4) is 28.8 Å². The van der Waals surface area contributed by atoms with Crippen LogP contribution in [0.1, 0.15) is 54.7 Å². The maximum absolute atomic E-state index is 13.6. The topological polar surface area (TPSA) is 125 Å². The zero-order valence-corrected chi connectivity index (χ0v) is 33.2. The molecule has 3 fully saturated rings. The number of methoxy groups -OCH3 is 1. The molecule has 4 aromatic carbocycles. The van der Waals surface area contributed by atoms with Crippen LogP contribution >= 0.6 is 0 Å². The van der Waals surface area contributed by atoms with Crippen LogP contribution in [-0.2, 0) is 16.6 Å². The van der Waals surface area contributed by atoms with Crippen LogP contribution in [0.5, 0.6) is 23.1 Å². The fourth-order valence-corrected chi connectivity index (χ4v) is 7.97. The van der Waals surface area contributed by atoms with E-state index in [9.17, 15) is 4.79 Å². The number of amides is 2. The Bertz CT molecular complexity index is 2420. The summed E-state index contributed by atoms with van der Waals surface area (Å²) in [5.41, 5.74) is 5.08. The molecule has 0 bridgehead atoms. The van der Waals surface area contributed by atoms with Crippen molar-refractivity contribution in [2.24, 2.45) is 5.92 Å². The third-order valence-corrected chi connectivity index (χ3v) is 11.8. The van der Waals surface area contributed by atoms with Gasteiger partial charge in [-0.3, -0.25) is 10.2 Å². The van der Waals surface area contributed by atoms with E-state index in [0.29, 0.717) is 42.0 Å². The second kappa shape index (κ2) is 16.1. The van der Waals surface area contributed by atoms with Gasteiger partial charge in [0.15, 0.2) is 0 Å². The molecule has 1 atom stereocenters. The minimum Gasteiger partial charge on any atom is -0.497 e. The molecule has 2 N–H and O–H groups in total. The number of carbonyl (C=O) groups excluding carboxylic acids is 1. The molecule has 12 nitrogen and oxygen atoms in total. The number of anilines is 2. The van der Waals surface area contributed by atoms with Gasteiger partial charge < -0.3 is 24.3 Å². The second-order valence-corrected chi connectivity index (χ2v) is 15.6. The Hall–Kier alpha value is -5.98. The van der Waals surface area contributed by atoms with Gasteiger partial charge >= 0.3 is 6.03 Å². The molecule has 1 aliphatic heterocycles. The molecular formula is C46H49N7O5. The van der Waals surface area contributed by atoms with Crippen molar-refractivity contribution >= 4 is 28.3 Å². The zero-order valence-electron chi connectivity index (χ0n) is 33.2. The summed E-state index contributed by atoms with van der Waals surface area (Å²) in [7, 11) is 1.68. The van der Waals surface area contributed by atoms with Crippen LogP contribution in [0.3, 0.4) is 0 Å². The number of morpholine rings is 1. The number of aromatic nitrogens is 4. The number of benzene rings is 4. The predicted octanol–water partition coefficient (Wildman–Crippen LogP) is 8.68. The smallest absolute Gasteiger partial charge is 0.324 e. The number of rotatable bonds is 15. The van der Waals surface area contributed by atoms with Crippen molar-refractivity contribution in [1.82, 2.24) is 24.6 Å². The second-order valence-electron chi connectivity index (χ2n) is 15.6. The van der Waals surface area contributed by atoms with Gasteiger partial charge in [0.1, 0.15) is 35.5 Å². The van der Waals surface area contributed by atoms with Gasteiger partial charge in [0.2, 0.25) is 5.88 Å². The molecule has 0 radical (unpaired) electrons. The van der Waals surface area contributed by atoms with Gasteiger partial charge in [0.05, 0.1) is 37.4 Å². The summed E-state index contributed by atoms with van der Waals surface area (Å²) in [6.45, 7) is 9.05. The van der Waals surface area contributed by atoms with Crippen molar-refractivity contribution < 1.29 is 23.7 Å². The van der Waals surface area contributed by atoms with E-state index >= 15 is 0 Å². The van der Waals surface area contributed by atoms with E-state index in [0.717, 1.165) is 90.0 Å². The highest BCUT2D eigenvalue weighted by Gasteiger charge is 2.71. The molecule has 2 saturated carbocycles. The lowest BCUT2D eigenvalue weighted by Gasteiger charge is -2.26. The van der Waals surface area contributed by atoms with Crippen molar-refractivity contribution in [2.75, 3.05) is 57.2 Å². The number of fused-ring (bicyclic) bond motifs is 2. The lowest BCUT2D eigenvalue weighted by molar-refractivity contribution is 0.0322. The standard InChI is InChI=1S/C46H49N7O5/c1-4-31(32-23-35(55-3)26-36(24-32)57-22-19-52-17-20-56-21-18-52)25-42-47-16-15-44(49-42)58-40-14-13-39(37-7-5-6-8-38(37)40)48-45(54)50-43-27-41(46-28-33(46)29-46)51-53(43)34-11-9-30(2)10-12-34/h5-16,23-24,26-27,31,33H,4,17-22,25,28-29H2,1-3H3,(H2,48,50,54). The van der Waals surface area contributed by atoms with Crippen LogP contribution in [0.25, 0.3) is 16.5 Å². The third-order valence-electron chi connectivity index (χ3n) is 11.8. The molecule has 12 heteroatoms. The monoisotopic (exact) mass is 779 g/mol. The first-order valence-corrected chi connectivity index (χ1v) is 20.3. The van der Waals surface area contributed by atoms with Gasteiger partial charge in [-0.2, -0.15) is 10.1 Å². The first-order valence-electron chi connectivity index (χ1n) is 20.3. The van der Waals surface area contributed by atoms with E-state index in [1.54, 1.807) is 19.4 Å². The average molecular weight is 780 g/mol. The molecular weight excluding hydrogens is 731 g/mol. The molecule has 2 aliphatic carbocycles. The largest absolute Gasteiger partial charge is 0.497 e. The summed E-state index contributed by atoms with van der Waals surface area (Å²) in [5.74, 6) is 4.77. The molecule has 58 heavy (non-hydrogen) atoms. The van der Waals surface area contributed by atoms with Crippen LogP contribution in [0, 0.1) is 12.8 Å². The van der Waals surface area contributed by atoms with Gasteiger partial charge in [-0.25, -0.2) is 14.5 Å². The lowest BCUT2D eigenvalue weighted by atomic mass is 9.92. The highest BCUT2D eigenvalue weighted by atomic mass is 16.5. The molecule has 1 unspecified atom stereocenters. The Kier molecular flexibility index (Phi) is 10.4. The number of nitrogens with zero attached hydrogens (tertiary/aromatic N) is 5. The number of urea groups is 1. The molecule has 0 spiro atoms. The van der Waals surface area contributed by atoms with Crippen molar-refractivity contribution in [1.29, 1.82) is 0 Å². The summed E-state index contributed by atoms with van der Waals surface area (Å²) in [4.78, 5) is 25.4. The van der Waals surface area contributed by atoms with Gasteiger partial charge in [-0.15, -0.1) is 0 Å². The quantitative estimate of drug-likeness (QED) is 0.105. The average Bonchev–Trinajstić information content (AvgIpc) is 4.10. The van der Waals surface area contributed by atoms with Gasteiger partial charge in [0.25, 0.3) is 0 Å². The minimum absolute atomic E-state index is 0.130. The maximum atomic E-state index is 13.6. The van der Waals surface area contributed by atoms with Gasteiger partial charge in [0, 0.05) is 66.6 Å².